The number of rotatable bonds is 5. The van der Waals surface area contributed by atoms with Crippen molar-refractivity contribution in [2.45, 2.75) is 19.0 Å². The van der Waals surface area contributed by atoms with Gasteiger partial charge in [0.1, 0.15) is 11.6 Å². The average Bonchev–Trinajstić information content (AvgIpc) is 3.21. The lowest BCUT2D eigenvalue weighted by Gasteiger charge is -2.31. The zero-order valence-electron chi connectivity index (χ0n) is 17.0. The van der Waals surface area contributed by atoms with Gasteiger partial charge in [0.2, 0.25) is 0 Å². The van der Waals surface area contributed by atoms with Crippen LogP contribution in [0.5, 0.6) is 0 Å². The smallest absolute Gasteiger partial charge is 0.453 e. The molecule has 1 saturated heterocycles. The number of aromatic nitrogens is 4. The van der Waals surface area contributed by atoms with Gasteiger partial charge in [0.15, 0.2) is 12.3 Å². The summed E-state index contributed by atoms with van der Waals surface area (Å²) in [5.41, 5.74) is 0.219. The van der Waals surface area contributed by atoms with E-state index in [-0.39, 0.29) is 11.3 Å². The Morgan fingerprint density at radius 2 is 1.88 bits per heavy atom. The maximum atomic E-state index is 13.2. The number of piperidine rings is 1. The number of benzene rings is 1. The molecular weight excluding hydrogens is 448 g/mol. The quantitative estimate of drug-likeness (QED) is 0.456. The maximum absolute atomic E-state index is 13.2. The molecule has 3 aromatic rings. The van der Waals surface area contributed by atoms with E-state index in [0.29, 0.717) is 36.3 Å². The summed E-state index contributed by atoms with van der Waals surface area (Å²) in [6.07, 6.45) is -3.94. The topological polar surface area (TPSA) is 102 Å². The van der Waals surface area contributed by atoms with Crippen LogP contribution in [0.4, 0.5) is 29.1 Å². The van der Waals surface area contributed by atoms with Crippen LogP contribution >= 0.6 is 0 Å². The van der Waals surface area contributed by atoms with Gasteiger partial charge in [-0.15, -0.1) is 15.3 Å². The second kappa shape index (κ2) is 9.00. The Kier molecular flexibility index (Phi) is 6.11. The van der Waals surface area contributed by atoms with Gasteiger partial charge in [-0.3, -0.25) is 9.59 Å². The van der Waals surface area contributed by atoms with E-state index in [1.165, 1.54) is 24.3 Å². The third kappa shape index (κ3) is 5.18. The molecule has 1 aromatic carbocycles. The third-order valence-electron chi connectivity index (χ3n) is 5.11. The molecule has 1 fully saturated rings. The lowest BCUT2D eigenvalue weighted by atomic mass is 9.97. The number of hydrogen-bond acceptors (Lipinski definition) is 7. The van der Waals surface area contributed by atoms with E-state index in [9.17, 15) is 27.2 Å². The van der Waals surface area contributed by atoms with Crippen molar-refractivity contribution in [3.8, 4) is 0 Å². The molecule has 4 rings (SSSR count). The van der Waals surface area contributed by atoms with Gasteiger partial charge >= 0.3 is 12.1 Å². The summed E-state index contributed by atoms with van der Waals surface area (Å²) in [4.78, 5) is 26.0. The number of fused-ring (bicyclic) bond motifs is 1. The molecule has 1 aliphatic rings. The summed E-state index contributed by atoms with van der Waals surface area (Å²) in [5.74, 6) is -3.04. The van der Waals surface area contributed by atoms with Gasteiger partial charge in [-0.05, 0) is 43.2 Å². The molecule has 0 spiro atoms. The highest BCUT2D eigenvalue weighted by molar-refractivity contribution is 5.92. The summed E-state index contributed by atoms with van der Waals surface area (Å²) >= 11 is 0. The molecule has 0 unspecified atom stereocenters. The Labute approximate surface area is 184 Å². The van der Waals surface area contributed by atoms with Gasteiger partial charge in [-0.2, -0.15) is 17.7 Å². The first-order valence-corrected chi connectivity index (χ1v) is 9.97. The fraction of sp³-hybridized carbons (Fsp3) is 0.350. The molecule has 0 saturated carbocycles. The lowest BCUT2D eigenvalue weighted by Crippen LogP contribution is -2.38. The van der Waals surface area contributed by atoms with Crippen LogP contribution in [0.25, 0.3) is 5.65 Å². The van der Waals surface area contributed by atoms with Crippen molar-refractivity contribution in [2.75, 3.05) is 29.9 Å². The lowest BCUT2D eigenvalue weighted by molar-refractivity contribution is -0.152. The Bertz CT molecular complexity index is 1170. The predicted octanol–water partition coefficient (Wildman–Crippen LogP) is 2.68. The summed E-state index contributed by atoms with van der Waals surface area (Å²) in [6, 6.07) is 8.24. The van der Waals surface area contributed by atoms with Crippen LogP contribution in [-0.4, -0.2) is 51.4 Å². The van der Waals surface area contributed by atoms with E-state index in [1.807, 2.05) is 0 Å². The highest BCUT2D eigenvalue weighted by Gasteiger charge is 2.38. The highest BCUT2D eigenvalue weighted by Crippen LogP contribution is 2.29. The Hall–Kier alpha value is -3.77. The highest BCUT2D eigenvalue weighted by atomic mass is 19.4. The number of esters is 1. The first-order chi connectivity index (χ1) is 15.7. The molecule has 0 atom stereocenters. The molecule has 0 radical (unpaired) electrons. The number of hydrogen-bond donors (Lipinski definition) is 1. The van der Waals surface area contributed by atoms with Crippen molar-refractivity contribution < 1.29 is 31.9 Å². The van der Waals surface area contributed by atoms with E-state index >= 15 is 0 Å². The van der Waals surface area contributed by atoms with Crippen LogP contribution < -0.4 is 10.2 Å². The maximum Gasteiger partial charge on any atom is 0.453 e. The van der Waals surface area contributed by atoms with E-state index in [2.05, 4.69) is 20.6 Å². The van der Waals surface area contributed by atoms with Gasteiger partial charge in [0, 0.05) is 18.8 Å². The van der Waals surface area contributed by atoms with E-state index < -0.39 is 42.2 Å². The fourth-order valence-electron chi connectivity index (χ4n) is 3.49. The number of ether oxygens (including phenoxy) is 1. The standard InChI is InChI=1S/C20H18F4N6O3/c21-13-2-1-3-14(10-13)25-17(31)11-33-18(32)12-6-8-29(9-7-12)16-5-4-15-26-27-19(20(22,23)24)30(15)28-16/h1-5,10,12H,6-9,11H2,(H,25,31). The van der Waals surface area contributed by atoms with Crippen LogP contribution in [0, 0.1) is 11.7 Å². The van der Waals surface area contributed by atoms with Crippen LogP contribution in [0.1, 0.15) is 18.7 Å². The second-order valence-electron chi connectivity index (χ2n) is 7.41. The Morgan fingerprint density at radius 3 is 2.58 bits per heavy atom. The molecule has 2 aromatic heterocycles. The van der Waals surface area contributed by atoms with Crippen molar-refractivity contribution in [3.05, 3.63) is 48.0 Å². The number of amides is 1. The Balaban J connectivity index is 1.30. The molecule has 1 amide bonds. The van der Waals surface area contributed by atoms with Crippen LogP contribution in [0.2, 0.25) is 0 Å². The summed E-state index contributed by atoms with van der Waals surface area (Å²) in [6.45, 7) is 0.204. The molecule has 0 aliphatic carbocycles. The zero-order valence-corrected chi connectivity index (χ0v) is 17.0. The van der Waals surface area contributed by atoms with E-state index in [4.69, 9.17) is 4.74 Å². The van der Waals surface area contributed by atoms with Gasteiger partial charge in [-0.25, -0.2) is 4.39 Å². The predicted molar refractivity (Wildman–Crippen MR) is 107 cm³/mol. The molecule has 1 aliphatic heterocycles. The third-order valence-corrected chi connectivity index (χ3v) is 5.11. The van der Waals surface area contributed by atoms with Gasteiger partial charge in [0.25, 0.3) is 11.7 Å². The van der Waals surface area contributed by atoms with E-state index in [1.54, 1.807) is 11.0 Å². The zero-order chi connectivity index (χ0) is 23.6. The Morgan fingerprint density at radius 1 is 1.12 bits per heavy atom. The number of carbonyl (C=O) groups is 2. The molecule has 3 heterocycles. The minimum Gasteiger partial charge on any atom is -0.455 e. The number of anilines is 2. The molecular formula is C20H18F4N6O3. The summed E-state index contributed by atoms with van der Waals surface area (Å²) in [7, 11) is 0. The number of carbonyl (C=O) groups excluding carboxylic acids is 2. The van der Waals surface area contributed by atoms with Gasteiger partial charge in [-0.1, -0.05) is 6.07 Å². The number of halogens is 4. The molecule has 33 heavy (non-hydrogen) atoms. The van der Waals surface area contributed by atoms with Crippen LogP contribution in [-0.2, 0) is 20.5 Å². The van der Waals surface area contributed by atoms with Crippen molar-refractivity contribution in [2.24, 2.45) is 5.92 Å². The van der Waals surface area contributed by atoms with E-state index in [0.717, 1.165) is 6.07 Å². The molecule has 0 bridgehead atoms. The summed E-state index contributed by atoms with van der Waals surface area (Å²) < 4.78 is 58.0. The SMILES string of the molecule is O=C(COC(=O)C1CCN(c2ccc3nnc(C(F)(F)F)n3n2)CC1)Nc1cccc(F)c1. The molecule has 174 valence electrons. The molecule has 1 N–H and O–H groups in total. The van der Waals surface area contributed by atoms with Crippen molar-refractivity contribution in [1.82, 2.24) is 19.8 Å². The average molecular weight is 466 g/mol. The van der Waals surface area contributed by atoms with Crippen LogP contribution in [0.3, 0.4) is 0 Å². The first-order valence-electron chi connectivity index (χ1n) is 9.97. The van der Waals surface area contributed by atoms with Crippen molar-refractivity contribution in [3.63, 3.8) is 0 Å². The minimum atomic E-state index is -4.69. The number of alkyl halides is 3. The number of nitrogens with zero attached hydrogens (tertiary/aromatic N) is 5. The summed E-state index contributed by atoms with van der Waals surface area (Å²) in [5, 5.41) is 13.1. The van der Waals surface area contributed by atoms with Gasteiger partial charge in [0.05, 0.1) is 5.92 Å². The van der Waals surface area contributed by atoms with Gasteiger partial charge < -0.3 is 15.0 Å². The first kappa shape index (κ1) is 22.4. The fourth-order valence-corrected chi connectivity index (χ4v) is 3.49. The molecule has 9 nitrogen and oxygen atoms in total. The van der Waals surface area contributed by atoms with Crippen molar-refractivity contribution >= 4 is 29.0 Å². The minimum absolute atomic E-state index is 0.0268. The normalized spacial score (nSPS) is 15.0. The monoisotopic (exact) mass is 466 g/mol. The molecule has 13 heteroatoms. The second-order valence-corrected chi connectivity index (χ2v) is 7.41. The van der Waals surface area contributed by atoms with Crippen molar-refractivity contribution in [1.29, 1.82) is 0 Å². The largest absolute Gasteiger partial charge is 0.455 e. The number of nitrogens with one attached hydrogen (secondary N) is 1. The van der Waals surface area contributed by atoms with Crippen LogP contribution in [0.15, 0.2) is 36.4 Å².